The molecule has 1 saturated heterocycles. The predicted octanol–water partition coefficient (Wildman–Crippen LogP) is 6.23. The largest absolute Gasteiger partial charge is 0.505 e. The summed E-state index contributed by atoms with van der Waals surface area (Å²) in [5.41, 5.74) is 3.46. The molecule has 1 aliphatic rings. The molecule has 3 N–H and O–H groups in total. The maximum atomic E-state index is 11.8. The molecule has 1 aliphatic heterocycles. The van der Waals surface area contributed by atoms with E-state index in [1.807, 2.05) is 17.1 Å². The number of piperidine rings is 1. The number of hydrogen-bond acceptors (Lipinski definition) is 5. The second-order valence-electron chi connectivity index (χ2n) is 10.2. The van der Waals surface area contributed by atoms with E-state index in [0.29, 0.717) is 36.3 Å². The fourth-order valence-electron chi connectivity index (χ4n) is 5.03. The number of nitrogens with one attached hydrogen (secondary N) is 1. The Hall–Kier alpha value is -3.30. The molecule has 0 saturated carbocycles. The molecule has 188 valence electrons. The number of aromatic nitrogens is 5. The number of carboxylic acid groups (broad SMARTS) is 1. The van der Waals surface area contributed by atoms with Crippen molar-refractivity contribution in [2.45, 2.75) is 45.7 Å². The normalized spacial score (nSPS) is 18.6. The van der Waals surface area contributed by atoms with Gasteiger partial charge in [0.2, 0.25) is 0 Å². The van der Waals surface area contributed by atoms with E-state index in [4.69, 9.17) is 23.2 Å². The van der Waals surface area contributed by atoms with E-state index in [1.54, 1.807) is 23.2 Å². The number of hydrogen-bond donors (Lipinski definition) is 3. The summed E-state index contributed by atoms with van der Waals surface area (Å²) in [7, 11) is 0. The highest BCUT2D eigenvalue weighted by atomic mass is 35.5. The van der Waals surface area contributed by atoms with Crippen molar-refractivity contribution in [3.05, 3.63) is 47.1 Å². The molecular weight excluding hydrogens is 503 g/mol. The second-order valence-corrected chi connectivity index (χ2v) is 11.0. The second kappa shape index (κ2) is 8.97. The molecule has 0 radical (unpaired) electrons. The van der Waals surface area contributed by atoms with Crippen LogP contribution >= 0.6 is 23.2 Å². The minimum Gasteiger partial charge on any atom is -0.505 e. The first-order valence-electron chi connectivity index (χ1n) is 11.6. The Bertz CT molecular complexity index is 1430. The third-order valence-corrected chi connectivity index (χ3v) is 7.44. The third-order valence-electron chi connectivity index (χ3n) is 6.87. The molecule has 0 spiro atoms. The van der Waals surface area contributed by atoms with E-state index in [9.17, 15) is 15.0 Å². The molecule has 0 bridgehead atoms. The van der Waals surface area contributed by atoms with Crippen LogP contribution in [0.2, 0.25) is 10.0 Å². The number of nitrogens with zero attached hydrogens (tertiary/aromatic N) is 5. The Labute approximate surface area is 217 Å². The molecular formula is C25H26Cl2N6O3. The van der Waals surface area contributed by atoms with Gasteiger partial charge in [0.05, 0.1) is 33.4 Å². The van der Waals surface area contributed by atoms with Crippen molar-refractivity contribution in [3.63, 3.8) is 0 Å². The van der Waals surface area contributed by atoms with Gasteiger partial charge in [-0.05, 0) is 36.0 Å². The average molecular weight is 529 g/mol. The van der Waals surface area contributed by atoms with Crippen LogP contribution in [0.4, 0.5) is 4.79 Å². The maximum Gasteiger partial charge on any atom is 0.407 e. The summed E-state index contributed by atoms with van der Waals surface area (Å²) >= 11 is 12.4. The number of aromatic amines is 1. The Morgan fingerprint density at radius 2 is 1.89 bits per heavy atom. The first-order chi connectivity index (χ1) is 17.0. The zero-order valence-corrected chi connectivity index (χ0v) is 21.5. The lowest BCUT2D eigenvalue weighted by molar-refractivity contribution is 0.0408. The molecule has 3 aromatic heterocycles. The van der Waals surface area contributed by atoms with Crippen LogP contribution in [0.25, 0.3) is 33.4 Å². The summed E-state index contributed by atoms with van der Waals surface area (Å²) in [5.74, 6) is -0.165. The van der Waals surface area contributed by atoms with Gasteiger partial charge in [0.25, 0.3) is 0 Å². The number of aromatic hydroxyl groups is 1. The van der Waals surface area contributed by atoms with Crippen LogP contribution in [-0.4, -0.2) is 58.5 Å². The third kappa shape index (κ3) is 4.26. The lowest BCUT2D eigenvalue weighted by Gasteiger charge is -2.44. The van der Waals surface area contributed by atoms with Gasteiger partial charge >= 0.3 is 6.09 Å². The van der Waals surface area contributed by atoms with Crippen LogP contribution in [0.1, 0.15) is 39.7 Å². The number of likely N-dealkylation sites (tertiary alicyclic amines) is 1. The summed E-state index contributed by atoms with van der Waals surface area (Å²) in [4.78, 5) is 25.5. The number of rotatable bonds is 3. The molecule has 1 fully saturated rings. The van der Waals surface area contributed by atoms with Crippen molar-refractivity contribution in [2.75, 3.05) is 6.54 Å². The first kappa shape index (κ1) is 24.4. The standard InChI is InChI=1S/C25H26Cl2N6O3/c1-25(2,3)19-8-15(4-5-32(19)24(35)36)33-11-14(9-31-33)21-20-16(10-28-23(20)30-12-29-21)13-6-17(26)22(34)18(27)7-13/h6-7,9-12,15,19,34H,4-5,8H2,1-3H3,(H,35,36)(H,28,29,30). The number of phenols is 1. The number of phenolic OH excluding ortho intramolecular Hbond substituents is 1. The SMILES string of the molecule is CC(C)(C)C1CC(n2cc(-c3ncnc4[nH]cc(-c5cc(Cl)c(O)c(Cl)c5)c34)cn2)CCN1C(=O)O. The quantitative estimate of drug-likeness (QED) is 0.289. The van der Waals surface area contributed by atoms with E-state index in [1.165, 1.54) is 6.33 Å². The molecule has 2 atom stereocenters. The van der Waals surface area contributed by atoms with Crippen LogP contribution in [0.5, 0.6) is 5.75 Å². The Kier molecular flexibility index (Phi) is 6.08. The number of H-pyrrole nitrogens is 1. The van der Waals surface area contributed by atoms with E-state index in [2.05, 4.69) is 40.8 Å². The van der Waals surface area contributed by atoms with Gasteiger partial charge in [0.1, 0.15) is 12.0 Å². The molecule has 4 aromatic rings. The van der Waals surface area contributed by atoms with Crippen molar-refractivity contribution >= 4 is 40.3 Å². The highest BCUT2D eigenvalue weighted by Gasteiger charge is 2.39. The van der Waals surface area contributed by atoms with Crippen LogP contribution < -0.4 is 0 Å². The number of fused-ring (bicyclic) bond motifs is 1. The lowest BCUT2D eigenvalue weighted by Crippen LogP contribution is -2.51. The summed E-state index contributed by atoms with van der Waals surface area (Å²) in [5, 5.41) is 25.4. The number of halogens is 2. The molecule has 0 aliphatic carbocycles. The fourth-order valence-corrected chi connectivity index (χ4v) is 5.51. The first-order valence-corrected chi connectivity index (χ1v) is 12.3. The molecule has 1 aromatic carbocycles. The van der Waals surface area contributed by atoms with E-state index >= 15 is 0 Å². The number of amides is 1. The molecule has 4 heterocycles. The van der Waals surface area contributed by atoms with Crippen LogP contribution in [0.3, 0.4) is 0 Å². The minimum absolute atomic E-state index is 0.0660. The van der Waals surface area contributed by atoms with Crippen LogP contribution in [-0.2, 0) is 0 Å². The summed E-state index contributed by atoms with van der Waals surface area (Å²) < 4.78 is 1.92. The summed E-state index contributed by atoms with van der Waals surface area (Å²) in [6.45, 7) is 6.66. The topological polar surface area (TPSA) is 120 Å². The van der Waals surface area contributed by atoms with Crippen molar-refractivity contribution in [1.82, 2.24) is 29.6 Å². The smallest absolute Gasteiger partial charge is 0.407 e. The van der Waals surface area contributed by atoms with E-state index < -0.39 is 6.09 Å². The highest BCUT2D eigenvalue weighted by molar-refractivity contribution is 6.37. The fraction of sp³-hybridized carbons (Fsp3) is 0.360. The molecule has 11 heteroatoms. The highest BCUT2D eigenvalue weighted by Crippen LogP contribution is 2.41. The lowest BCUT2D eigenvalue weighted by atomic mass is 9.79. The minimum atomic E-state index is -0.882. The number of benzene rings is 1. The van der Waals surface area contributed by atoms with Crippen molar-refractivity contribution in [3.8, 4) is 28.1 Å². The van der Waals surface area contributed by atoms with Gasteiger partial charge in [-0.25, -0.2) is 14.8 Å². The Balaban J connectivity index is 1.52. The van der Waals surface area contributed by atoms with Gasteiger partial charge in [0.15, 0.2) is 5.75 Å². The Morgan fingerprint density at radius 3 is 2.56 bits per heavy atom. The van der Waals surface area contributed by atoms with Crippen LogP contribution in [0, 0.1) is 5.41 Å². The van der Waals surface area contributed by atoms with Crippen molar-refractivity contribution in [1.29, 1.82) is 0 Å². The summed E-state index contributed by atoms with van der Waals surface area (Å²) in [6.07, 6.45) is 7.50. The van der Waals surface area contributed by atoms with Gasteiger partial charge in [-0.1, -0.05) is 44.0 Å². The van der Waals surface area contributed by atoms with Crippen molar-refractivity contribution in [2.24, 2.45) is 5.41 Å². The van der Waals surface area contributed by atoms with Gasteiger partial charge in [-0.15, -0.1) is 0 Å². The van der Waals surface area contributed by atoms with Crippen LogP contribution in [0.15, 0.2) is 37.1 Å². The summed E-state index contributed by atoms with van der Waals surface area (Å²) in [6, 6.07) is 3.24. The molecule has 5 rings (SSSR count). The molecule has 36 heavy (non-hydrogen) atoms. The van der Waals surface area contributed by atoms with Gasteiger partial charge in [-0.3, -0.25) is 4.68 Å². The van der Waals surface area contributed by atoms with Gasteiger partial charge < -0.3 is 20.1 Å². The molecule has 2 unspecified atom stereocenters. The average Bonchev–Trinajstić information content (AvgIpc) is 3.49. The maximum absolute atomic E-state index is 11.8. The zero-order valence-electron chi connectivity index (χ0n) is 20.0. The zero-order chi connectivity index (χ0) is 25.8. The van der Waals surface area contributed by atoms with Gasteiger partial charge in [0, 0.05) is 36.1 Å². The van der Waals surface area contributed by atoms with E-state index in [-0.39, 0.29) is 33.3 Å². The number of carbonyl (C=O) groups is 1. The van der Waals surface area contributed by atoms with Crippen molar-refractivity contribution < 1.29 is 15.0 Å². The predicted molar refractivity (Wildman–Crippen MR) is 138 cm³/mol. The Morgan fingerprint density at radius 1 is 1.17 bits per heavy atom. The molecule has 9 nitrogen and oxygen atoms in total. The monoisotopic (exact) mass is 528 g/mol. The van der Waals surface area contributed by atoms with Gasteiger partial charge in [-0.2, -0.15) is 5.10 Å². The molecule has 1 amide bonds. The van der Waals surface area contributed by atoms with E-state index in [0.717, 1.165) is 16.5 Å².